The van der Waals surface area contributed by atoms with Crippen molar-refractivity contribution in [2.24, 2.45) is 5.10 Å². The predicted molar refractivity (Wildman–Crippen MR) is 107 cm³/mol. The zero-order chi connectivity index (χ0) is 20.0. The number of halogens is 3. The Labute approximate surface area is 168 Å². The van der Waals surface area contributed by atoms with Crippen LogP contribution < -0.4 is 10.2 Å². The van der Waals surface area contributed by atoms with E-state index in [1.165, 1.54) is 23.9 Å². The van der Waals surface area contributed by atoms with E-state index in [-0.39, 0.29) is 6.61 Å². The van der Waals surface area contributed by atoms with Crippen molar-refractivity contribution >= 4 is 35.6 Å². The van der Waals surface area contributed by atoms with Crippen LogP contribution in [0.15, 0.2) is 53.6 Å². The molecule has 4 nitrogen and oxygen atoms in total. The number of nitrogens with zero attached hydrogens (tertiary/aromatic N) is 1. The molecule has 1 heterocycles. The minimum absolute atomic E-state index is 0.212. The largest absolute Gasteiger partial charge is 0.484 e. The van der Waals surface area contributed by atoms with Gasteiger partial charge in [-0.3, -0.25) is 4.79 Å². The topological polar surface area (TPSA) is 50.7 Å². The van der Waals surface area contributed by atoms with Gasteiger partial charge in [-0.2, -0.15) is 18.3 Å². The van der Waals surface area contributed by atoms with Crippen LogP contribution in [0.5, 0.6) is 5.75 Å². The van der Waals surface area contributed by atoms with Crippen LogP contribution in [-0.4, -0.2) is 30.2 Å². The second-order valence-electron chi connectivity index (χ2n) is 5.84. The normalized spacial score (nSPS) is 15.1. The van der Waals surface area contributed by atoms with Crippen molar-refractivity contribution in [1.29, 1.82) is 0 Å². The molecule has 1 fully saturated rings. The van der Waals surface area contributed by atoms with Crippen molar-refractivity contribution in [3.63, 3.8) is 0 Å². The lowest BCUT2D eigenvalue weighted by Gasteiger charge is -2.10. The van der Waals surface area contributed by atoms with Crippen molar-refractivity contribution in [2.45, 2.75) is 10.8 Å². The van der Waals surface area contributed by atoms with Gasteiger partial charge in [0.2, 0.25) is 0 Å². The number of amides is 1. The number of carbonyl (C=O) groups is 1. The zero-order valence-corrected chi connectivity index (χ0v) is 16.2. The maximum absolute atomic E-state index is 12.5. The molecule has 1 aliphatic rings. The molecule has 2 aromatic carbocycles. The Bertz CT molecular complexity index is 819. The molecular formula is C19H17F3N2O2S2. The third kappa shape index (κ3) is 5.93. The molecule has 0 atom stereocenters. The van der Waals surface area contributed by atoms with Crippen molar-refractivity contribution < 1.29 is 22.7 Å². The smallest absolute Gasteiger partial charge is 0.416 e. The number of carbonyl (C=O) groups excluding carboxylic acids is 1. The van der Waals surface area contributed by atoms with Gasteiger partial charge in [-0.1, -0.05) is 24.3 Å². The second-order valence-corrected chi connectivity index (χ2v) is 8.57. The van der Waals surface area contributed by atoms with Gasteiger partial charge < -0.3 is 4.74 Å². The summed E-state index contributed by atoms with van der Waals surface area (Å²) < 4.78 is 43.4. The number of benzene rings is 2. The first kappa shape index (κ1) is 20.6. The van der Waals surface area contributed by atoms with Gasteiger partial charge in [-0.05, 0) is 35.4 Å². The highest BCUT2D eigenvalue weighted by Gasteiger charge is 2.29. The summed E-state index contributed by atoms with van der Waals surface area (Å²) in [7, 11) is 0. The monoisotopic (exact) mass is 426 g/mol. The van der Waals surface area contributed by atoms with Crippen LogP contribution in [0.3, 0.4) is 0 Å². The van der Waals surface area contributed by atoms with Crippen LogP contribution in [0.1, 0.15) is 21.3 Å². The average Bonchev–Trinajstić information content (AvgIpc) is 3.21. The number of nitrogens with one attached hydrogen (secondary N) is 1. The third-order valence-corrected chi connectivity index (χ3v) is 6.89. The molecule has 1 N–H and O–H groups in total. The van der Waals surface area contributed by atoms with Crippen LogP contribution in [0, 0.1) is 0 Å². The van der Waals surface area contributed by atoms with E-state index in [0.717, 1.165) is 23.6 Å². The molecule has 2 aromatic rings. The van der Waals surface area contributed by atoms with Crippen LogP contribution in [0.4, 0.5) is 13.2 Å². The predicted octanol–water partition coefficient (Wildman–Crippen LogP) is 4.71. The van der Waals surface area contributed by atoms with Crippen molar-refractivity contribution in [3.05, 3.63) is 65.2 Å². The molecule has 0 unspecified atom stereocenters. The van der Waals surface area contributed by atoms with E-state index in [9.17, 15) is 18.0 Å². The Hall–Kier alpha value is -2.13. The summed E-state index contributed by atoms with van der Waals surface area (Å²) in [5, 5.41) is 3.72. The number of hydrogen-bond donors (Lipinski definition) is 1. The second kappa shape index (κ2) is 9.38. The van der Waals surface area contributed by atoms with Crippen molar-refractivity contribution in [2.75, 3.05) is 18.1 Å². The highest BCUT2D eigenvalue weighted by atomic mass is 32.2. The molecule has 1 aliphatic heterocycles. The van der Waals surface area contributed by atoms with Crippen LogP contribution >= 0.6 is 23.5 Å². The molecule has 0 aromatic heterocycles. The maximum atomic E-state index is 12.5. The maximum Gasteiger partial charge on any atom is 0.416 e. The van der Waals surface area contributed by atoms with Gasteiger partial charge >= 0.3 is 6.18 Å². The molecule has 28 heavy (non-hydrogen) atoms. The van der Waals surface area contributed by atoms with Gasteiger partial charge in [0.15, 0.2) is 6.61 Å². The Morgan fingerprint density at radius 2 is 1.75 bits per heavy atom. The fraction of sp³-hybridized carbons (Fsp3) is 0.263. The van der Waals surface area contributed by atoms with Gasteiger partial charge in [-0.15, -0.1) is 23.5 Å². The van der Waals surface area contributed by atoms with E-state index in [4.69, 9.17) is 4.74 Å². The standard InChI is InChI=1S/C19H17F3N2O2S2/c20-19(21,22)15-5-1-13(2-6-15)11-23-24-17(25)12-26-16-7-3-14(4-8-16)18-27-9-10-28-18/h1-8,11,18H,9-10,12H2,(H,24,25)/b23-11-. The summed E-state index contributed by atoms with van der Waals surface area (Å²) in [5.41, 5.74) is 3.21. The van der Waals surface area contributed by atoms with Gasteiger partial charge in [0.05, 0.1) is 16.4 Å². The summed E-state index contributed by atoms with van der Waals surface area (Å²) in [5.74, 6) is 2.43. The molecule has 0 aliphatic carbocycles. The van der Waals surface area contributed by atoms with Gasteiger partial charge in [0, 0.05) is 11.5 Å². The van der Waals surface area contributed by atoms with E-state index < -0.39 is 17.6 Å². The highest BCUT2D eigenvalue weighted by molar-refractivity contribution is 8.19. The average molecular weight is 426 g/mol. The number of hydrogen-bond acceptors (Lipinski definition) is 5. The quantitative estimate of drug-likeness (QED) is 0.537. The van der Waals surface area contributed by atoms with Crippen molar-refractivity contribution in [1.82, 2.24) is 5.43 Å². The van der Waals surface area contributed by atoms with Crippen LogP contribution in [0.25, 0.3) is 0 Å². The lowest BCUT2D eigenvalue weighted by atomic mass is 10.1. The van der Waals surface area contributed by atoms with Gasteiger partial charge in [0.1, 0.15) is 5.75 Å². The van der Waals surface area contributed by atoms with Gasteiger partial charge in [-0.25, -0.2) is 5.43 Å². The Balaban J connectivity index is 1.43. The summed E-state index contributed by atoms with van der Waals surface area (Å²) in [6.45, 7) is -0.212. The van der Waals surface area contributed by atoms with Crippen LogP contribution in [0.2, 0.25) is 0 Å². The number of hydrazone groups is 1. The number of alkyl halides is 3. The molecule has 1 saturated heterocycles. The minimum atomic E-state index is -4.38. The molecule has 0 spiro atoms. The number of rotatable bonds is 6. The number of ether oxygens (including phenoxy) is 1. The summed E-state index contributed by atoms with van der Waals surface area (Å²) >= 11 is 3.83. The Morgan fingerprint density at radius 3 is 2.36 bits per heavy atom. The lowest BCUT2D eigenvalue weighted by molar-refractivity contribution is -0.137. The SMILES string of the molecule is O=C(COc1ccc(C2SCCS2)cc1)N/N=C\c1ccc(C(F)(F)F)cc1. The lowest BCUT2D eigenvalue weighted by Crippen LogP contribution is -2.24. The Morgan fingerprint density at radius 1 is 1.11 bits per heavy atom. The molecule has 3 rings (SSSR count). The van der Waals surface area contributed by atoms with Crippen LogP contribution in [-0.2, 0) is 11.0 Å². The first-order valence-corrected chi connectivity index (χ1v) is 10.5. The van der Waals surface area contributed by atoms with Crippen molar-refractivity contribution in [3.8, 4) is 5.75 Å². The number of thioether (sulfide) groups is 2. The highest BCUT2D eigenvalue weighted by Crippen LogP contribution is 2.45. The zero-order valence-electron chi connectivity index (χ0n) is 14.6. The third-order valence-electron chi connectivity index (χ3n) is 3.78. The first-order chi connectivity index (χ1) is 13.4. The van der Waals surface area contributed by atoms with E-state index in [0.29, 0.717) is 15.9 Å². The Kier molecular flexibility index (Phi) is 6.90. The molecule has 1 amide bonds. The first-order valence-electron chi connectivity index (χ1n) is 8.37. The summed E-state index contributed by atoms with van der Waals surface area (Å²) in [6.07, 6.45) is -3.11. The molecular weight excluding hydrogens is 409 g/mol. The molecule has 148 valence electrons. The van der Waals surface area contributed by atoms with E-state index in [1.54, 1.807) is 0 Å². The molecule has 9 heteroatoms. The summed E-state index contributed by atoms with van der Waals surface area (Å²) in [4.78, 5) is 11.8. The fourth-order valence-corrected chi connectivity index (χ4v) is 5.25. The molecule has 0 bridgehead atoms. The van der Waals surface area contributed by atoms with E-state index in [1.807, 2.05) is 47.8 Å². The molecule has 0 radical (unpaired) electrons. The summed E-state index contributed by atoms with van der Waals surface area (Å²) in [6, 6.07) is 12.1. The van der Waals surface area contributed by atoms with E-state index in [2.05, 4.69) is 10.5 Å². The van der Waals surface area contributed by atoms with E-state index >= 15 is 0 Å². The molecule has 0 saturated carbocycles. The van der Waals surface area contributed by atoms with Gasteiger partial charge in [0.25, 0.3) is 5.91 Å². The fourth-order valence-electron chi connectivity index (χ4n) is 2.39. The minimum Gasteiger partial charge on any atom is -0.484 e.